The van der Waals surface area contributed by atoms with Crippen LogP contribution in [0.3, 0.4) is 0 Å². The SMILES string of the molecule is CCC(O)CNC(CC)CSC. The Balaban J connectivity index is 3.43. The smallest absolute Gasteiger partial charge is 0.0662 e. The van der Waals surface area contributed by atoms with Crippen molar-refractivity contribution in [2.75, 3.05) is 18.6 Å². The van der Waals surface area contributed by atoms with Gasteiger partial charge < -0.3 is 10.4 Å². The van der Waals surface area contributed by atoms with Crippen molar-refractivity contribution in [1.29, 1.82) is 0 Å². The van der Waals surface area contributed by atoms with Crippen LogP contribution < -0.4 is 5.32 Å². The van der Waals surface area contributed by atoms with Gasteiger partial charge in [-0.25, -0.2) is 0 Å². The standard InChI is InChI=1S/C9H21NOS/c1-4-8(7-12-3)10-6-9(11)5-2/h8-11H,4-7H2,1-3H3. The molecule has 2 N–H and O–H groups in total. The first-order valence-electron chi connectivity index (χ1n) is 4.64. The second-order valence-electron chi connectivity index (χ2n) is 3.03. The van der Waals surface area contributed by atoms with Crippen molar-refractivity contribution >= 4 is 11.8 Å². The monoisotopic (exact) mass is 191 g/mol. The predicted molar refractivity (Wildman–Crippen MR) is 56.8 cm³/mol. The molecule has 0 fully saturated rings. The lowest BCUT2D eigenvalue weighted by Crippen LogP contribution is -2.36. The topological polar surface area (TPSA) is 32.3 Å². The fourth-order valence-corrected chi connectivity index (χ4v) is 1.73. The van der Waals surface area contributed by atoms with Gasteiger partial charge in [-0.15, -0.1) is 0 Å². The Morgan fingerprint density at radius 3 is 2.42 bits per heavy atom. The van der Waals surface area contributed by atoms with Crippen LogP contribution in [0.2, 0.25) is 0 Å². The van der Waals surface area contributed by atoms with Crippen LogP contribution in [0, 0.1) is 0 Å². The van der Waals surface area contributed by atoms with Crippen LogP contribution in [0.1, 0.15) is 26.7 Å². The molecule has 0 rings (SSSR count). The zero-order valence-electron chi connectivity index (χ0n) is 8.34. The highest BCUT2D eigenvalue weighted by Gasteiger charge is 2.06. The highest BCUT2D eigenvalue weighted by Crippen LogP contribution is 2.01. The molecule has 0 aromatic heterocycles. The van der Waals surface area contributed by atoms with E-state index < -0.39 is 0 Å². The summed E-state index contributed by atoms with van der Waals surface area (Å²) in [5, 5.41) is 12.7. The van der Waals surface area contributed by atoms with Crippen LogP contribution in [0.4, 0.5) is 0 Å². The second-order valence-corrected chi connectivity index (χ2v) is 3.94. The Kier molecular flexibility index (Phi) is 8.07. The molecular weight excluding hydrogens is 170 g/mol. The van der Waals surface area contributed by atoms with Gasteiger partial charge in [0.25, 0.3) is 0 Å². The summed E-state index contributed by atoms with van der Waals surface area (Å²) >= 11 is 1.85. The van der Waals surface area contributed by atoms with Crippen LogP contribution in [-0.4, -0.2) is 35.8 Å². The number of thioether (sulfide) groups is 1. The minimum Gasteiger partial charge on any atom is -0.392 e. The van der Waals surface area contributed by atoms with Crippen LogP contribution in [0.25, 0.3) is 0 Å². The molecule has 2 unspecified atom stereocenters. The Labute approximate surface area is 80.1 Å². The van der Waals surface area contributed by atoms with Gasteiger partial charge in [-0.2, -0.15) is 11.8 Å². The van der Waals surface area contributed by atoms with Gasteiger partial charge >= 0.3 is 0 Å². The molecule has 0 aliphatic carbocycles. The molecule has 2 atom stereocenters. The summed E-state index contributed by atoms with van der Waals surface area (Å²) < 4.78 is 0. The van der Waals surface area contributed by atoms with E-state index in [1.807, 2.05) is 18.7 Å². The summed E-state index contributed by atoms with van der Waals surface area (Å²) in [4.78, 5) is 0. The van der Waals surface area contributed by atoms with Gasteiger partial charge in [0.2, 0.25) is 0 Å². The van der Waals surface area contributed by atoms with Gasteiger partial charge in [-0.05, 0) is 19.1 Å². The van der Waals surface area contributed by atoms with Gasteiger partial charge in [0.1, 0.15) is 0 Å². The average molecular weight is 191 g/mol. The van der Waals surface area contributed by atoms with Crippen molar-refractivity contribution in [2.24, 2.45) is 0 Å². The van der Waals surface area contributed by atoms with Crippen LogP contribution >= 0.6 is 11.8 Å². The number of hydrogen-bond donors (Lipinski definition) is 2. The molecule has 0 amide bonds. The third kappa shape index (κ3) is 5.86. The average Bonchev–Trinajstić information content (AvgIpc) is 2.11. The minimum absolute atomic E-state index is 0.180. The minimum atomic E-state index is -0.180. The van der Waals surface area contributed by atoms with E-state index in [1.165, 1.54) is 0 Å². The first kappa shape index (κ1) is 12.3. The predicted octanol–water partition coefficient (Wildman–Crippen LogP) is 1.49. The zero-order valence-corrected chi connectivity index (χ0v) is 9.16. The van der Waals surface area contributed by atoms with Gasteiger partial charge in [0.05, 0.1) is 6.10 Å². The number of aliphatic hydroxyl groups excluding tert-OH is 1. The summed E-state index contributed by atoms with van der Waals surface area (Å²) in [5.74, 6) is 1.13. The van der Waals surface area contributed by atoms with E-state index in [0.29, 0.717) is 6.04 Å². The third-order valence-electron chi connectivity index (χ3n) is 1.97. The fourth-order valence-electron chi connectivity index (χ4n) is 0.969. The Hall–Kier alpha value is 0.270. The fraction of sp³-hybridized carbons (Fsp3) is 1.00. The van der Waals surface area contributed by atoms with E-state index >= 15 is 0 Å². The molecule has 0 radical (unpaired) electrons. The molecule has 0 bridgehead atoms. The molecule has 0 saturated carbocycles. The van der Waals surface area contributed by atoms with Crippen molar-refractivity contribution in [3.63, 3.8) is 0 Å². The van der Waals surface area contributed by atoms with Gasteiger partial charge in [-0.1, -0.05) is 13.8 Å². The van der Waals surface area contributed by atoms with Crippen molar-refractivity contribution < 1.29 is 5.11 Å². The van der Waals surface area contributed by atoms with Crippen molar-refractivity contribution in [1.82, 2.24) is 5.32 Å². The van der Waals surface area contributed by atoms with E-state index in [-0.39, 0.29) is 6.10 Å². The number of nitrogens with one attached hydrogen (secondary N) is 1. The van der Waals surface area contributed by atoms with Crippen LogP contribution in [-0.2, 0) is 0 Å². The number of hydrogen-bond acceptors (Lipinski definition) is 3. The summed E-state index contributed by atoms with van der Waals surface area (Å²) in [6, 6.07) is 0.557. The molecule has 0 spiro atoms. The molecule has 0 aliphatic heterocycles. The molecule has 0 aromatic rings. The van der Waals surface area contributed by atoms with Crippen LogP contribution in [0.5, 0.6) is 0 Å². The Morgan fingerprint density at radius 1 is 1.33 bits per heavy atom. The highest BCUT2D eigenvalue weighted by atomic mass is 32.2. The number of rotatable bonds is 7. The second kappa shape index (κ2) is 7.90. The Morgan fingerprint density at radius 2 is 2.00 bits per heavy atom. The molecule has 0 aliphatic rings. The van der Waals surface area contributed by atoms with E-state index in [4.69, 9.17) is 0 Å². The molecule has 0 aromatic carbocycles. The summed E-state index contributed by atoms with van der Waals surface area (Å²) in [7, 11) is 0. The quantitative estimate of drug-likeness (QED) is 0.639. The van der Waals surface area contributed by atoms with E-state index in [9.17, 15) is 5.11 Å². The lowest BCUT2D eigenvalue weighted by atomic mass is 10.2. The summed E-state index contributed by atoms with van der Waals surface area (Å²) in [6.45, 7) is 4.91. The summed E-state index contributed by atoms with van der Waals surface area (Å²) in [6.07, 6.45) is 3.90. The molecule has 3 heteroatoms. The lowest BCUT2D eigenvalue weighted by Gasteiger charge is -2.17. The maximum absolute atomic E-state index is 9.30. The van der Waals surface area contributed by atoms with Gasteiger partial charge in [-0.3, -0.25) is 0 Å². The maximum atomic E-state index is 9.30. The van der Waals surface area contributed by atoms with Gasteiger partial charge in [0.15, 0.2) is 0 Å². The molecule has 12 heavy (non-hydrogen) atoms. The molecule has 2 nitrogen and oxygen atoms in total. The molecule has 0 heterocycles. The van der Waals surface area contributed by atoms with E-state index in [2.05, 4.69) is 18.5 Å². The van der Waals surface area contributed by atoms with Crippen LogP contribution in [0.15, 0.2) is 0 Å². The van der Waals surface area contributed by atoms with Crippen molar-refractivity contribution in [3.05, 3.63) is 0 Å². The lowest BCUT2D eigenvalue weighted by molar-refractivity contribution is 0.163. The third-order valence-corrected chi connectivity index (χ3v) is 2.71. The largest absolute Gasteiger partial charge is 0.392 e. The maximum Gasteiger partial charge on any atom is 0.0662 e. The normalized spacial score (nSPS) is 16.0. The zero-order chi connectivity index (χ0) is 9.40. The first-order valence-corrected chi connectivity index (χ1v) is 6.04. The van der Waals surface area contributed by atoms with Crippen molar-refractivity contribution in [3.8, 4) is 0 Å². The molecule has 0 saturated heterocycles. The first-order chi connectivity index (χ1) is 5.74. The van der Waals surface area contributed by atoms with Crippen molar-refractivity contribution in [2.45, 2.75) is 38.8 Å². The number of aliphatic hydroxyl groups is 1. The molecule has 74 valence electrons. The highest BCUT2D eigenvalue weighted by molar-refractivity contribution is 7.98. The van der Waals surface area contributed by atoms with Gasteiger partial charge in [0, 0.05) is 18.3 Å². The van der Waals surface area contributed by atoms with E-state index in [0.717, 1.165) is 25.1 Å². The Bertz CT molecular complexity index is 101. The van der Waals surface area contributed by atoms with E-state index in [1.54, 1.807) is 0 Å². The summed E-state index contributed by atoms with van der Waals surface area (Å²) in [5.41, 5.74) is 0. The molecular formula is C9H21NOS.